The smallest absolute Gasteiger partial charge is 0.162 e. The first-order valence-corrected chi connectivity index (χ1v) is 9.21. The third-order valence-corrected chi connectivity index (χ3v) is 4.61. The Morgan fingerprint density at radius 2 is 1.44 bits per heavy atom. The summed E-state index contributed by atoms with van der Waals surface area (Å²) in [6.45, 7) is 3.08. The number of hydrogen-bond acceptors (Lipinski definition) is 6. The van der Waals surface area contributed by atoms with Gasteiger partial charge in [0.1, 0.15) is 12.2 Å². The molecule has 25 heavy (non-hydrogen) atoms. The van der Waals surface area contributed by atoms with Crippen molar-refractivity contribution in [1.29, 1.82) is 0 Å². The van der Waals surface area contributed by atoms with Crippen molar-refractivity contribution in [2.75, 3.05) is 53.9 Å². The van der Waals surface area contributed by atoms with Crippen molar-refractivity contribution < 1.29 is 28.4 Å². The predicted molar refractivity (Wildman–Crippen MR) is 96.8 cm³/mol. The SMILES string of the molecule is COCCOC[C@@H]1OC(Cc2ccccc2Br)O[C@H]1COCCOC. The van der Waals surface area contributed by atoms with Crippen LogP contribution in [0.15, 0.2) is 28.7 Å². The summed E-state index contributed by atoms with van der Waals surface area (Å²) < 4.78 is 34.4. The minimum atomic E-state index is -0.314. The van der Waals surface area contributed by atoms with E-state index in [9.17, 15) is 0 Å². The number of methoxy groups -OCH3 is 2. The van der Waals surface area contributed by atoms with Crippen molar-refractivity contribution in [3.05, 3.63) is 34.3 Å². The average Bonchev–Trinajstić information content (AvgIpc) is 2.99. The molecule has 0 amide bonds. The zero-order valence-corrected chi connectivity index (χ0v) is 16.4. The van der Waals surface area contributed by atoms with Crippen LogP contribution in [0.4, 0.5) is 0 Å². The van der Waals surface area contributed by atoms with Gasteiger partial charge >= 0.3 is 0 Å². The van der Waals surface area contributed by atoms with Gasteiger partial charge in [0, 0.05) is 25.1 Å². The molecule has 0 unspecified atom stereocenters. The summed E-state index contributed by atoms with van der Waals surface area (Å²) >= 11 is 3.56. The molecule has 0 radical (unpaired) electrons. The predicted octanol–water partition coefficient (Wildman–Crippen LogP) is 2.43. The molecular formula is C18H27BrO6. The zero-order valence-electron chi connectivity index (χ0n) is 14.8. The molecular weight excluding hydrogens is 392 g/mol. The molecule has 0 aliphatic carbocycles. The van der Waals surface area contributed by atoms with Crippen LogP contribution in [0.2, 0.25) is 0 Å². The van der Waals surface area contributed by atoms with Crippen molar-refractivity contribution in [1.82, 2.24) is 0 Å². The van der Waals surface area contributed by atoms with E-state index in [4.69, 9.17) is 28.4 Å². The van der Waals surface area contributed by atoms with E-state index in [1.807, 2.05) is 18.2 Å². The average molecular weight is 419 g/mol. The third kappa shape index (κ3) is 7.30. The molecule has 0 N–H and O–H groups in total. The van der Waals surface area contributed by atoms with E-state index in [1.165, 1.54) is 0 Å². The molecule has 1 heterocycles. The van der Waals surface area contributed by atoms with Gasteiger partial charge < -0.3 is 28.4 Å². The third-order valence-electron chi connectivity index (χ3n) is 3.84. The quantitative estimate of drug-likeness (QED) is 0.485. The molecule has 2 rings (SSSR count). The molecule has 142 valence electrons. The van der Waals surface area contributed by atoms with Gasteiger partial charge in [0.2, 0.25) is 0 Å². The molecule has 1 saturated heterocycles. The maximum Gasteiger partial charge on any atom is 0.162 e. The summed E-state index contributed by atoms with van der Waals surface area (Å²) in [4.78, 5) is 0. The van der Waals surface area contributed by atoms with Crippen LogP contribution in [0.25, 0.3) is 0 Å². The summed E-state index contributed by atoms with van der Waals surface area (Å²) in [6.07, 6.45) is 0.0365. The van der Waals surface area contributed by atoms with Crippen molar-refractivity contribution in [3.63, 3.8) is 0 Å². The number of benzene rings is 1. The lowest BCUT2D eigenvalue weighted by atomic mass is 10.1. The van der Waals surface area contributed by atoms with Crippen LogP contribution in [0.3, 0.4) is 0 Å². The first-order valence-electron chi connectivity index (χ1n) is 8.42. The van der Waals surface area contributed by atoms with Crippen LogP contribution in [-0.4, -0.2) is 72.4 Å². The van der Waals surface area contributed by atoms with E-state index in [0.29, 0.717) is 46.1 Å². The van der Waals surface area contributed by atoms with E-state index in [1.54, 1.807) is 14.2 Å². The number of rotatable bonds is 12. The Kier molecular flexibility index (Phi) is 9.93. The standard InChI is InChI=1S/C18H27BrO6/c1-20-7-9-22-12-16-17(13-23-10-8-21-2)25-18(24-16)11-14-5-3-4-6-15(14)19/h3-6,16-18H,7-13H2,1-2H3/t16-,17-/m0/s1. The molecule has 0 bridgehead atoms. The van der Waals surface area contributed by atoms with Gasteiger partial charge in [0.15, 0.2) is 6.29 Å². The maximum absolute atomic E-state index is 6.05. The van der Waals surface area contributed by atoms with Crippen molar-refractivity contribution in [2.45, 2.75) is 24.9 Å². The largest absolute Gasteiger partial charge is 0.382 e. The second kappa shape index (κ2) is 12.0. The molecule has 1 aliphatic heterocycles. The molecule has 1 aromatic rings. The fraction of sp³-hybridized carbons (Fsp3) is 0.667. The molecule has 0 saturated carbocycles. The lowest BCUT2D eigenvalue weighted by molar-refractivity contribution is -0.0799. The van der Waals surface area contributed by atoms with Gasteiger partial charge in [-0.2, -0.15) is 0 Å². The monoisotopic (exact) mass is 418 g/mol. The van der Waals surface area contributed by atoms with Gasteiger partial charge in [-0.1, -0.05) is 34.1 Å². The molecule has 7 heteroatoms. The summed E-state index contributed by atoms with van der Waals surface area (Å²) in [5, 5.41) is 0. The van der Waals surface area contributed by atoms with Crippen LogP contribution in [-0.2, 0) is 34.8 Å². The van der Waals surface area contributed by atoms with Gasteiger partial charge in [-0.15, -0.1) is 0 Å². The van der Waals surface area contributed by atoms with Crippen LogP contribution >= 0.6 is 15.9 Å². The topological polar surface area (TPSA) is 55.4 Å². The Labute approximate surface area is 157 Å². The van der Waals surface area contributed by atoms with Gasteiger partial charge in [-0.25, -0.2) is 0 Å². The van der Waals surface area contributed by atoms with Gasteiger partial charge in [0.05, 0.1) is 39.6 Å². The fourth-order valence-electron chi connectivity index (χ4n) is 2.51. The Hall–Kier alpha value is -0.540. The second-order valence-corrected chi connectivity index (χ2v) is 6.56. The van der Waals surface area contributed by atoms with E-state index < -0.39 is 0 Å². The second-order valence-electron chi connectivity index (χ2n) is 5.71. The molecule has 2 atom stereocenters. The van der Waals surface area contributed by atoms with Gasteiger partial charge in [-0.3, -0.25) is 0 Å². The molecule has 1 fully saturated rings. The first-order chi connectivity index (χ1) is 12.2. The molecule has 1 aromatic carbocycles. The maximum atomic E-state index is 6.05. The van der Waals surface area contributed by atoms with Gasteiger partial charge in [0.25, 0.3) is 0 Å². The Morgan fingerprint density at radius 3 is 1.96 bits per heavy atom. The highest BCUT2D eigenvalue weighted by molar-refractivity contribution is 9.10. The minimum Gasteiger partial charge on any atom is -0.382 e. The van der Waals surface area contributed by atoms with E-state index in [2.05, 4.69) is 22.0 Å². The fourth-order valence-corrected chi connectivity index (χ4v) is 2.96. The Bertz CT molecular complexity index is 466. The first kappa shape index (κ1) is 20.8. The van der Waals surface area contributed by atoms with Crippen molar-refractivity contribution >= 4 is 15.9 Å². The number of ether oxygens (including phenoxy) is 6. The highest BCUT2D eigenvalue weighted by Crippen LogP contribution is 2.26. The lowest BCUT2D eigenvalue weighted by Gasteiger charge is -2.16. The van der Waals surface area contributed by atoms with E-state index in [-0.39, 0.29) is 18.5 Å². The van der Waals surface area contributed by atoms with Crippen LogP contribution in [0, 0.1) is 0 Å². The van der Waals surface area contributed by atoms with Crippen LogP contribution < -0.4 is 0 Å². The normalized spacial score (nSPS) is 21.1. The summed E-state index contributed by atoms with van der Waals surface area (Å²) in [6, 6.07) is 8.07. The Balaban J connectivity index is 1.86. The summed E-state index contributed by atoms with van der Waals surface area (Å²) in [5.41, 5.74) is 1.15. The summed E-state index contributed by atoms with van der Waals surface area (Å²) in [5.74, 6) is 0. The Morgan fingerprint density at radius 1 is 0.880 bits per heavy atom. The minimum absolute atomic E-state index is 0.160. The highest BCUT2D eigenvalue weighted by atomic mass is 79.9. The van der Waals surface area contributed by atoms with E-state index >= 15 is 0 Å². The zero-order chi connectivity index (χ0) is 17.9. The highest BCUT2D eigenvalue weighted by Gasteiger charge is 2.36. The van der Waals surface area contributed by atoms with Crippen LogP contribution in [0.5, 0.6) is 0 Å². The van der Waals surface area contributed by atoms with Crippen molar-refractivity contribution in [3.8, 4) is 0 Å². The van der Waals surface area contributed by atoms with Crippen molar-refractivity contribution in [2.24, 2.45) is 0 Å². The van der Waals surface area contributed by atoms with Crippen LogP contribution in [0.1, 0.15) is 5.56 Å². The molecule has 0 spiro atoms. The van der Waals surface area contributed by atoms with E-state index in [0.717, 1.165) is 10.0 Å². The molecule has 0 aromatic heterocycles. The lowest BCUT2D eigenvalue weighted by Crippen LogP contribution is -2.32. The molecule has 1 aliphatic rings. The van der Waals surface area contributed by atoms with Gasteiger partial charge in [-0.05, 0) is 11.6 Å². The number of halogens is 1. The summed E-state index contributed by atoms with van der Waals surface area (Å²) in [7, 11) is 3.30. The number of hydrogen-bond donors (Lipinski definition) is 0. The molecule has 6 nitrogen and oxygen atoms in total.